The maximum Gasteiger partial charge on any atom is 0.137 e. The Hall–Kier alpha value is -0.990. The van der Waals surface area contributed by atoms with E-state index < -0.39 is 0 Å². The summed E-state index contributed by atoms with van der Waals surface area (Å²) in [6.45, 7) is 0.851. The minimum atomic E-state index is 0.638. The van der Waals surface area contributed by atoms with Crippen LogP contribution >= 0.6 is 11.6 Å². The van der Waals surface area contributed by atoms with Crippen LogP contribution in [0.15, 0.2) is 24.3 Å². The summed E-state index contributed by atoms with van der Waals surface area (Å²) in [5.74, 6) is 0.706. The fraction of sp³-hybridized carbons (Fsp3) is 0.273. The highest BCUT2D eigenvalue weighted by Crippen LogP contribution is 2.25. The number of benzene rings is 1. The van der Waals surface area contributed by atoms with Gasteiger partial charge in [0.25, 0.3) is 0 Å². The Morgan fingerprint density at radius 2 is 2.29 bits per heavy atom. The number of halogens is 1. The number of nitrogens with one attached hydrogen (secondary N) is 1. The Morgan fingerprint density at radius 1 is 1.50 bits per heavy atom. The molecule has 2 nitrogen and oxygen atoms in total. The van der Waals surface area contributed by atoms with Crippen molar-refractivity contribution >= 4 is 17.7 Å². The number of likely N-dealkylation sites (N-methyl/N-ethyl adjacent to an activating group) is 1. The summed E-state index contributed by atoms with van der Waals surface area (Å²) in [7, 11) is 3.52. The first-order chi connectivity index (χ1) is 6.77. The summed E-state index contributed by atoms with van der Waals surface area (Å²) in [5, 5.41) is 3.67. The van der Waals surface area contributed by atoms with Crippen molar-refractivity contribution < 1.29 is 4.74 Å². The van der Waals surface area contributed by atoms with E-state index in [0.29, 0.717) is 10.8 Å². The summed E-state index contributed by atoms with van der Waals surface area (Å²) < 4.78 is 5.06. The van der Waals surface area contributed by atoms with Gasteiger partial charge in [-0.2, -0.15) is 0 Å². The van der Waals surface area contributed by atoms with Gasteiger partial charge in [0.05, 0.1) is 12.1 Å². The monoisotopic (exact) mass is 211 g/mol. The van der Waals surface area contributed by atoms with Crippen LogP contribution in [0.2, 0.25) is 5.02 Å². The molecule has 0 amide bonds. The molecular formula is C11H14ClNO. The zero-order valence-corrected chi connectivity index (χ0v) is 9.14. The molecule has 1 aromatic rings. The normalized spacial score (nSPS) is 10.8. The number of rotatable bonds is 4. The fourth-order valence-electron chi connectivity index (χ4n) is 1.10. The van der Waals surface area contributed by atoms with Crippen LogP contribution < -0.4 is 10.1 Å². The molecule has 0 aromatic heterocycles. The summed E-state index contributed by atoms with van der Waals surface area (Å²) in [4.78, 5) is 0. The molecule has 0 heterocycles. The lowest BCUT2D eigenvalue weighted by Gasteiger charge is -2.02. The van der Waals surface area contributed by atoms with E-state index in [1.165, 1.54) is 0 Å². The third-order valence-corrected chi connectivity index (χ3v) is 2.10. The van der Waals surface area contributed by atoms with Crippen LogP contribution in [-0.2, 0) is 0 Å². The van der Waals surface area contributed by atoms with E-state index in [9.17, 15) is 0 Å². The van der Waals surface area contributed by atoms with Gasteiger partial charge >= 0.3 is 0 Å². The second-order valence-corrected chi connectivity index (χ2v) is 3.26. The number of hydrogen-bond donors (Lipinski definition) is 1. The Labute approximate surface area is 89.5 Å². The van der Waals surface area contributed by atoms with E-state index in [1.54, 1.807) is 7.11 Å². The first-order valence-electron chi connectivity index (χ1n) is 4.42. The third kappa shape index (κ3) is 3.05. The molecule has 0 saturated heterocycles. The van der Waals surface area contributed by atoms with Crippen LogP contribution in [0.3, 0.4) is 0 Å². The lowest BCUT2D eigenvalue weighted by atomic mass is 10.2. The summed E-state index contributed by atoms with van der Waals surface area (Å²) >= 11 is 5.97. The molecule has 76 valence electrons. The molecule has 1 aromatic carbocycles. The van der Waals surface area contributed by atoms with E-state index in [2.05, 4.69) is 5.32 Å². The topological polar surface area (TPSA) is 21.3 Å². The highest BCUT2D eigenvalue weighted by Gasteiger charge is 1.98. The fourth-order valence-corrected chi connectivity index (χ4v) is 1.37. The molecule has 0 unspecified atom stereocenters. The zero-order chi connectivity index (χ0) is 10.4. The molecule has 14 heavy (non-hydrogen) atoms. The molecule has 0 saturated carbocycles. The third-order valence-electron chi connectivity index (χ3n) is 1.81. The van der Waals surface area contributed by atoms with Crippen LogP contribution in [0.1, 0.15) is 5.56 Å². The average Bonchev–Trinajstić information content (AvgIpc) is 2.18. The van der Waals surface area contributed by atoms with E-state index in [4.69, 9.17) is 16.3 Å². The van der Waals surface area contributed by atoms with Gasteiger partial charge in [-0.05, 0) is 24.7 Å². The largest absolute Gasteiger partial charge is 0.495 e. The van der Waals surface area contributed by atoms with Crippen LogP contribution in [0, 0.1) is 0 Å². The molecule has 0 atom stereocenters. The summed E-state index contributed by atoms with van der Waals surface area (Å²) in [5.41, 5.74) is 1.08. The SMILES string of the molecule is CNCC=Cc1ccc(OC)c(Cl)c1. The van der Waals surface area contributed by atoms with Crippen molar-refractivity contribution in [1.82, 2.24) is 5.32 Å². The minimum Gasteiger partial charge on any atom is -0.495 e. The molecule has 0 radical (unpaired) electrons. The summed E-state index contributed by atoms with van der Waals surface area (Å²) in [6.07, 6.45) is 4.06. The van der Waals surface area contributed by atoms with Crippen LogP contribution in [0.5, 0.6) is 5.75 Å². The van der Waals surface area contributed by atoms with Crippen LogP contribution in [-0.4, -0.2) is 20.7 Å². The molecule has 0 bridgehead atoms. The highest BCUT2D eigenvalue weighted by molar-refractivity contribution is 6.32. The van der Waals surface area contributed by atoms with Crippen molar-refractivity contribution in [3.05, 3.63) is 34.9 Å². The van der Waals surface area contributed by atoms with Gasteiger partial charge in [0.2, 0.25) is 0 Å². The van der Waals surface area contributed by atoms with E-state index in [1.807, 2.05) is 37.4 Å². The zero-order valence-electron chi connectivity index (χ0n) is 8.38. The van der Waals surface area contributed by atoms with Crippen molar-refractivity contribution in [3.8, 4) is 5.75 Å². The van der Waals surface area contributed by atoms with Crippen LogP contribution in [0.4, 0.5) is 0 Å². The van der Waals surface area contributed by atoms with Gasteiger partial charge in [0.1, 0.15) is 5.75 Å². The number of ether oxygens (including phenoxy) is 1. The molecule has 1 N–H and O–H groups in total. The maximum absolute atomic E-state index is 5.97. The average molecular weight is 212 g/mol. The van der Waals surface area contributed by atoms with E-state index in [-0.39, 0.29) is 0 Å². The molecule has 3 heteroatoms. The van der Waals surface area contributed by atoms with Gasteiger partial charge in [-0.1, -0.05) is 29.8 Å². The molecule has 0 fully saturated rings. The lowest BCUT2D eigenvalue weighted by Crippen LogP contribution is -2.03. The van der Waals surface area contributed by atoms with Gasteiger partial charge in [0.15, 0.2) is 0 Å². The van der Waals surface area contributed by atoms with Crippen LogP contribution in [0.25, 0.3) is 6.08 Å². The van der Waals surface area contributed by atoms with Crippen molar-refractivity contribution in [2.45, 2.75) is 0 Å². The minimum absolute atomic E-state index is 0.638. The van der Waals surface area contributed by atoms with Crippen molar-refractivity contribution in [2.75, 3.05) is 20.7 Å². The molecule has 1 rings (SSSR count). The Kier molecular flexibility index (Phi) is 4.50. The predicted octanol–water partition coefficient (Wildman–Crippen LogP) is 2.58. The molecule has 0 aliphatic carbocycles. The van der Waals surface area contributed by atoms with E-state index >= 15 is 0 Å². The van der Waals surface area contributed by atoms with Crippen molar-refractivity contribution in [3.63, 3.8) is 0 Å². The van der Waals surface area contributed by atoms with Crippen molar-refractivity contribution in [1.29, 1.82) is 0 Å². The van der Waals surface area contributed by atoms with Gasteiger partial charge in [-0.3, -0.25) is 0 Å². The molecule has 0 aliphatic heterocycles. The van der Waals surface area contributed by atoms with E-state index in [0.717, 1.165) is 12.1 Å². The molecular weight excluding hydrogens is 198 g/mol. The number of hydrogen-bond acceptors (Lipinski definition) is 2. The van der Waals surface area contributed by atoms with Gasteiger partial charge < -0.3 is 10.1 Å². The van der Waals surface area contributed by atoms with Gasteiger partial charge in [-0.25, -0.2) is 0 Å². The molecule has 0 spiro atoms. The Balaban J connectivity index is 2.76. The van der Waals surface area contributed by atoms with Crippen molar-refractivity contribution in [2.24, 2.45) is 0 Å². The lowest BCUT2D eigenvalue weighted by molar-refractivity contribution is 0.415. The second-order valence-electron chi connectivity index (χ2n) is 2.85. The van der Waals surface area contributed by atoms with Gasteiger partial charge in [-0.15, -0.1) is 0 Å². The Morgan fingerprint density at radius 3 is 2.86 bits per heavy atom. The standard InChI is InChI=1S/C11H14ClNO/c1-13-7-3-4-9-5-6-11(14-2)10(12)8-9/h3-6,8,13H,7H2,1-2H3. The first kappa shape index (κ1) is 11.1. The molecule has 0 aliphatic rings. The highest BCUT2D eigenvalue weighted by atomic mass is 35.5. The van der Waals surface area contributed by atoms with Gasteiger partial charge in [0, 0.05) is 6.54 Å². The smallest absolute Gasteiger partial charge is 0.137 e. The maximum atomic E-state index is 5.97. The Bertz CT molecular complexity index is 323. The quantitative estimate of drug-likeness (QED) is 0.827. The first-order valence-corrected chi connectivity index (χ1v) is 4.80. The predicted molar refractivity (Wildman–Crippen MR) is 61.0 cm³/mol. The second kappa shape index (κ2) is 5.68. The number of methoxy groups -OCH3 is 1. The summed E-state index contributed by atoms with van der Waals surface area (Å²) in [6, 6.07) is 5.71.